The summed E-state index contributed by atoms with van der Waals surface area (Å²) in [5.41, 5.74) is 3.64. The molecule has 4 aromatic rings. The summed E-state index contributed by atoms with van der Waals surface area (Å²) in [5, 5.41) is 4.78. The Labute approximate surface area is 177 Å². The first kappa shape index (κ1) is 18.5. The summed E-state index contributed by atoms with van der Waals surface area (Å²) in [6.07, 6.45) is 3.30. The number of H-pyrrole nitrogens is 1. The maximum Gasteiger partial charge on any atom is 0.260 e. The van der Waals surface area contributed by atoms with E-state index in [0.29, 0.717) is 5.39 Å². The van der Waals surface area contributed by atoms with Crippen LogP contribution in [0.4, 0.5) is 0 Å². The standard InChI is InChI=1S/C23H21N3OS2/c1-15(26-11-9-17(10-12-26)16-6-3-2-4-7-16)21-24-22(27)20-18(14-29-23(20)25-21)19-8-5-13-28-19/h2-9,13-15H,10-12H2,1H3,(H,24,25,27)/t15-/m1/s1. The number of aromatic amines is 1. The smallest absolute Gasteiger partial charge is 0.260 e. The number of fused-ring (bicyclic) bond motifs is 1. The van der Waals surface area contributed by atoms with Gasteiger partial charge in [-0.25, -0.2) is 4.98 Å². The number of hydrogen-bond acceptors (Lipinski definition) is 5. The Hall–Kier alpha value is -2.54. The number of rotatable bonds is 4. The molecule has 29 heavy (non-hydrogen) atoms. The highest BCUT2D eigenvalue weighted by Crippen LogP contribution is 2.34. The fraction of sp³-hybridized carbons (Fsp3) is 0.217. The topological polar surface area (TPSA) is 49.0 Å². The van der Waals surface area contributed by atoms with Gasteiger partial charge in [-0.05, 0) is 35.9 Å². The molecule has 3 aromatic heterocycles. The van der Waals surface area contributed by atoms with Gasteiger partial charge in [-0.1, -0.05) is 42.5 Å². The molecule has 146 valence electrons. The van der Waals surface area contributed by atoms with E-state index in [9.17, 15) is 4.79 Å². The van der Waals surface area contributed by atoms with Crippen LogP contribution in [0.25, 0.3) is 26.2 Å². The van der Waals surface area contributed by atoms with E-state index in [2.05, 4.69) is 47.1 Å². The minimum atomic E-state index is -0.0426. The number of aromatic nitrogens is 2. The van der Waals surface area contributed by atoms with Crippen LogP contribution >= 0.6 is 22.7 Å². The van der Waals surface area contributed by atoms with Crippen LogP contribution in [-0.4, -0.2) is 28.0 Å². The molecule has 6 heteroatoms. The van der Waals surface area contributed by atoms with Gasteiger partial charge in [-0.2, -0.15) is 0 Å². The van der Waals surface area contributed by atoms with E-state index in [1.807, 2.05) is 29.0 Å². The van der Waals surface area contributed by atoms with Gasteiger partial charge in [0.05, 0.1) is 11.4 Å². The molecule has 1 aliphatic rings. The van der Waals surface area contributed by atoms with E-state index < -0.39 is 0 Å². The molecule has 0 bridgehead atoms. The molecule has 0 amide bonds. The third-order valence-corrected chi connectivity index (χ3v) is 7.35. The predicted molar refractivity (Wildman–Crippen MR) is 123 cm³/mol. The number of hydrogen-bond donors (Lipinski definition) is 1. The Morgan fingerprint density at radius 1 is 1.14 bits per heavy atom. The van der Waals surface area contributed by atoms with Gasteiger partial charge in [0.25, 0.3) is 5.56 Å². The second kappa shape index (κ2) is 7.71. The molecule has 0 fully saturated rings. The van der Waals surface area contributed by atoms with Crippen molar-refractivity contribution in [2.45, 2.75) is 19.4 Å². The van der Waals surface area contributed by atoms with Gasteiger partial charge in [-0.3, -0.25) is 9.69 Å². The molecule has 1 aromatic carbocycles. The summed E-state index contributed by atoms with van der Waals surface area (Å²) in [7, 11) is 0. The van der Waals surface area contributed by atoms with Crippen LogP contribution in [0.1, 0.15) is 30.8 Å². The molecule has 0 radical (unpaired) electrons. The monoisotopic (exact) mass is 419 g/mol. The summed E-state index contributed by atoms with van der Waals surface area (Å²) >= 11 is 3.19. The van der Waals surface area contributed by atoms with Crippen molar-refractivity contribution in [3.05, 3.63) is 81.0 Å². The van der Waals surface area contributed by atoms with E-state index in [1.165, 1.54) is 11.1 Å². The number of nitrogens with one attached hydrogen (secondary N) is 1. The van der Waals surface area contributed by atoms with Gasteiger partial charge < -0.3 is 4.98 Å². The molecular formula is C23H21N3OS2. The Morgan fingerprint density at radius 2 is 2.00 bits per heavy atom. The molecule has 1 atom stereocenters. The lowest BCUT2D eigenvalue weighted by Crippen LogP contribution is -2.33. The summed E-state index contributed by atoms with van der Waals surface area (Å²) in [6, 6.07) is 14.7. The first-order valence-corrected chi connectivity index (χ1v) is 11.5. The van der Waals surface area contributed by atoms with Crippen molar-refractivity contribution >= 4 is 38.5 Å². The number of nitrogens with zero attached hydrogens (tertiary/aromatic N) is 2. The van der Waals surface area contributed by atoms with Crippen molar-refractivity contribution in [3.63, 3.8) is 0 Å². The maximum atomic E-state index is 12.9. The molecule has 0 aliphatic carbocycles. The van der Waals surface area contributed by atoms with Crippen molar-refractivity contribution in [1.82, 2.24) is 14.9 Å². The molecule has 4 nitrogen and oxygen atoms in total. The Bertz CT molecular complexity index is 1220. The maximum absolute atomic E-state index is 12.9. The average Bonchev–Trinajstić information content (AvgIpc) is 3.44. The Kier molecular flexibility index (Phi) is 4.91. The summed E-state index contributed by atoms with van der Waals surface area (Å²) in [4.78, 5) is 25.1. The SMILES string of the molecule is C[C@H](c1nc2scc(-c3cccs3)c2c(=O)[nH]1)N1CC=C(c2ccccc2)CC1. The van der Waals surface area contributed by atoms with Crippen molar-refractivity contribution < 1.29 is 0 Å². The zero-order valence-electron chi connectivity index (χ0n) is 16.1. The van der Waals surface area contributed by atoms with E-state index in [-0.39, 0.29) is 11.6 Å². The number of benzene rings is 1. The van der Waals surface area contributed by atoms with Crippen molar-refractivity contribution in [1.29, 1.82) is 0 Å². The fourth-order valence-corrected chi connectivity index (χ4v) is 5.67. The molecule has 5 rings (SSSR count). The number of thiophene rings is 2. The molecule has 4 heterocycles. The van der Waals surface area contributed by atoms with Crippen LogP contribution in [-0.2, 0) is 0 Å². The zero-order chi connectivity index (χ0) is 19.8. The quantitative estimate of drug-likeness (QED) is 0.471. The van der Waals surface area contributed by atoms with E-state index in [4.69, 9.17) is 4.98 Å². The normalized spacial score (nSPS) is 16.1. The molecule has 1 aliphatic heterocycles. The van der Waals surface area contributed by atoms with Gasteiger partial charge in [0, 0.05) is 28.9 Å². The highest BCUT2D eigenvalue weighted by atomic mass is 32.1. The molecule has 0 saturated heterocycles. The lowest BCUT2D eigenvalue weighted by molar-refractivity contribution is 0.225. The fourth-order valence-electron chi connectivity index (χ4n) is 3.90. The molecule has 0 spiro atoms. The minimum absolute atomic E-state index is 0.0426. The van der Waals surface area contributed by atoms with Crippen molar-refractivity contribution in [2.75, 3.05) is 13.1 Å². The summed E-state index contributed by atoms with van der Waals surface area (Å²) in [6.45, 7) is 3.94. The van der Waals surface area contributed by atoms with E-state index in [1.54, 1.807) is 22.7 Å². The molecular weight excluding hydrogens is 398 g/mol. The van der Waals surface area contributed by atoms with Crippen LogP contribution in [0, 0.1) is 0 Å². The molecule has 0 unspecified atom stereocenters. The second-order valence-corrected chi connectivity index (χ2v) is 9.08. The summed E-state index contributed by atoms with van der Waals surface area (Å²) in [5.74, 6) is 0.749. The predicted octanol–water partition coefficient (Wildman–Crippen LogP) is 5.56. The third-order valence-electron chi connectivity index (χ3n) is 5.58. The lowest BCUT2D eigenvalue weighted by atomic mass is 9.99. The third kappa shape index (κ3) is 3.48. The molecule has 0 saturated carbocycles. The van der Waals surface area contributed by atoms with Crippen molar-refractivity contribution in [3.8, 4) is 10.4 Å². The van der Waals surface area contributed by atoms with Gasteiger partial charge in [-0.15, -0.1) is 22.7 Å². The summed E-state index contributed by atoms with van der Waals surface area (Å²) < 4.78 is 0. The van der Waals surface area contributed by atoms with Crippen LogP contribution in [0.15, 0.2) is 64.1 Å². The van der Waals surface area contributed by atoms with Gasteiger partial charge in [0.2, 0.25) is 0 Å². The molecule has 1 N–H and O–H groups in total. The van der Waals surface area contributed by atoms with E-state index >= 15 is 0 Å². The van der Waals surface area contributed by atoms with Crippen LogP contribution in [0.5, 0.6) is 0 Å². The first-order chi connectivity index (χ1) is 14.2. The van der Waals surface area contributed by atoms with Crippen molar-refractivity contribution in [2.24, 2.45) is 0 Å². The zero-order valence-corrected chi connectivity index (χ0v) is 17.7. The highest BCUT2D eigenvalue weighted by Gasteiger charge is 2.22. The van der Waals surface area contributed by atoms with Crippen LogP contribution < -0.4 is 5.56 Å². The highest BCUT2D eigenvalue weighted by molar-refractivity contribution is 7.18. The second-order valence-electron chi connectivity index (χ2n) is 7.27. The van der Waals surface area contributed by atoms with Crippen LogP contribution in [0.2, 0.25) is 0 Å². The lowest BCUT2D eigenvalue weighted by Gasteiger charge is -2.31. The van der Waals surface area contributed by atoms with E-state index in [0.717, 1.165) is 40.6 Å². The van der Waals surface area contributed by atoms with Gasteiger partial charge in [0.15, 0.2) is 0 Å². The van der Waals surface area contributed by atoms with Gasteiger partial charge in [0.1, 0.15) is 10.7 Å². The Balaban J connectivity index is 1.41. The van der Waals surface area contributed by atoms with Crippen LogP contribution in [0.3, 0.4) is 0 Å². The largest absolute Gasteiger partial charge is 0.309 e. The average molecular weight is 420 g/mol. The first-order valence-electron chi connectivity index (χ1n) is 9.74. The van der Waals surface area contributed by atoms with Gasteiger partial charge >= 0.3 is 0 Å². The Morgan fingerprint density at radius 3 is 2.72 bits per heavy atom. The minimum Gasteiger partial charge on any atom is -0.309 e.